The smallest absolute Gasteiger partial charge is 0.259 e. The number of benzene rings is 1. The van der Waals surface area contributed by atoms with Crippen molar-refractivity contribution in [2.24, 2.45) is 5.92 Å². The lowest BCUT2D eigenvalue weighted by Crippen LogP contribution is -2.57. The van der Waals surface area contributed by atoms with Gasteiger partial charge in [-0.25, -0.2) is 17.8 Å². The van der Waals surface area contributed by atoms with Gasteiger partial charge in [0.1, 0.15) is 23.4 Å². The SMILES string of the molecule is O=C1N[C@]2(C(=O)NS(=O)(=O)C3CC3)C[C@H]2CCCOCCC[C@H](Nc2nc(-c3ccc(F)cc3)cs2)C(=O)N2CCC[C@@H]12. The molecular formula is C29H36FN5O6S2. The van der Waals surface area contributed by atoms with Gasteiger partial charge in [-0.3, -0.25) is 19.1 Å². The number of hydrogen-bond acceptors (Lipinski definition) is 9. The Balaban J connectivity index is 1.20. The molecule has 0 unspecified atom stereocenters. The minimum Gasteiger partial charge on any atom is -0.381 e. The fourth-order valence-corrected chi connectivity index (χ4v) is 8.21. The second-order valence-corrected chi connectivity index (χ2v) is 14.7. The zero-order valence-corrected chi connectivity index (χ0v) is 25.4. The third-order valence-corrected chi connectivity index (χ3v) is 11.3. The normalized spacial score (nSPS) is 28.6. The quantitative estimate of drug-likeness (QED) is 0.440. The molecule has 2 saturated heterocycles. The molecular weight excluding hydrogens is 597 g/mol. The molecule has 1 aromatic heterocycles. The van der Waals surface area contributed by atoms with Crippen molar-refractivity contribution in [1.29, 1.82) is 0 Å². The van der Waals surface area contributed by atoms with Crippen molar-refractivity contribution >= 4 is 44.2 Å². The lowest BCUT2D eigenvalue weighted by molar-refractivity contribution is -0.140. The van der Waals surface area contributed by atoms with E-state index >= 15 is 0 Å². The second kappa shape index (κ2) is 12.1. The molecule has 11 nitrogen and oxygen atoms in total. The Labute approximate surface area is 254 Å². The number of aromatic nitrogens is 1. The lowest BCUT2D eigenvalue weighted by atomic mass is 10.1. The topological polar surface area (TPSA) is 147 Å². The maximum absolute atomic E-state index is 13.9. The predicted molar refractivity (Wildman–Crippen MR) is 158 cm³/mol. The first-order chi connectivity index (χ1) is 20.7. The molecule has 4 aliphatic rings. The van der Waals surface area contributed by atoms with E-state index in [0.29, 0.717) is 88.4 Å². The molecule has 3 N–H and O–H groups in total. The highest BCUT2D eigenvalue weighted by atomic mass is 32.2. The summed E-state index contributed by atoms with van der Waals surface area (Å²) in [7, 11) is -3.78. The Bertz CT molecular complexity index is 1480. The van der Waals surface area contributed by atoms with Crippen LogP contribution >= 0.6 is 11.3 Å². The number of nitrogens with one attached hydrogen (secondary N) is 3. The number of hydrogen-bond donors (Lipinski definition) is 3. The molecule has 43 heavy (non-hydrogen) atoms. The Kier molecular flexibility index (Phi) is 8.44. The van der Waals surface area contributed by atoms with E-state index in [4.69, 9.17) is 4.74 Å². The van der Waals surface area contributed by atoms with Crippen LogP contribution < -0.4 is 15.4 Å². The van der Waals surface area contributed by atoms with Gasteiger partial charge in [-0.15, -0.1) is 11.3 Å². The number of amides is 3. The first-order valence-corrected chi connectivity index (χ1v) is 17.3. The number of thiazole rings is 1. The van der Waals surface area contributed by atoms with Gasteiger partial charge >= 0.3 is 0 Å². The van der Waals surface area contributed by atoms with Crippen molar-refractivity contribution in [2.45, 2.75) is 80.7 Å². The summed E-state index contributed by atoms with van der Waals surface area (Å²) < 4.78 is 46.5. The monoisotopic (exact) mass is 633 g/mol. The molecule has 0 radical (unpaired) electrons. The third-order valence-electron chi connectivity index (χ3n) is 8.76. The average Bonchev–Trinajstić information content (AvgIpc) is 3.84. The molecule has 2 saturated carbocycles. The molecule has 2 aromatic rings. The number of ether oxygens (including phenoxy) is 1. The summed E-state index contributed by atoms with van der Waals surface area (Å²) in [6.07, 6.45) is 4.80. The Morgan fingerprint density at radius 3 is 2.56 bits per heavy atom. The zero-order chi connectivity index (χ0) is 30.2. The minimum atomic E-state index is -3.78. The molecule has 4 fully saturated rings. The first-order valence-electron chi connectivity index (χ1n) is 14.9. The standard InChI is InChI=1S/C29H36FN5O6S2/c30-20-9-7-18(8-10-20)23-17-42-28(32-23)31-22-5-3-15-41-14-2-4-19-16-29(19,27(38)34-43(39,40)21-11-12-21)33-25(36)24-6-1-13-35(24)26(22)37/h7-10,17,19,21-22,24H,1-6,11-16H2,(H,31,32)(H,33,36)(H,34,38)/t19-,22+,24+,29-/m1/s1. The zero-order valence-electron chi connectivity index (χ0n) is 23.7. The Morgan fingerprint density at radius 1 is 1.07 bits per heavy atom. The summed E-state index contributed by atoms with van der Waals surface area (Å²) in [6, 6.07) is 4.60. The second-order valence-electron chi connectivity index (χ2n) is 11.9. The molecule has 1 aromatic carbocycles. The van der Waals surface area contributed by atoms with E-state index < -0.39 is 44.7 Å². The van der Waals surface area contributed by atoms with Crippen LogP contribution in [0.15, 0.2) is 29.6 Å². The summed E-state index contributed by atoms with van der Waals surface area (Å²) in [5.41, 5.74) is 0.0985. The van der Waals surface area contributed by atoms with Crippen LogP contribution in [-0.2, 0) is 29.1 Å². The summed E-state index contributed by atoms with van der Waals surface area (Å²) in [6.45, 7) is 1.29. The van der Waals surface area contributed by atoms with E-state index in [1.807, 2.05) is 5.38 Å². The van der Waals surface area contributed by atoms with Gasteiger partial charge in [0.05, 0.1) is 10.9 Å². The van der Waals surface area contributed by atoms with Gasteiger partial charge in [-0.2, -0.15) is 0 Å². The van der Waals surface area contributed by atoms with Crippen molar-refractivity contribution in [3.63, 3.8) is 0 Å². The van der Waals surface area contributed by atoms with E-state index in [0.717, 1.165) is 5.56 Å². The van der Waals surface area contributed by atoms with Crippen LogP contribution in [0.25, 0.3) is 11.3 Å². The molecule has 232 valence electrons. The number of halogens is 1. The lowest BCUT2D eigenvalue weighted by Gasteiger charge is -2.30. The van der Waals surface area contributed by atoms with Gasteiger partial charge in [0.25, 0.3) is 5.91 Å². The van der Waals surface area contributed by atoms with Crippen LogP contribution in [0.5, 0.6) is 0 Å². The molecule has 3 heterocycles. The highest BCUT2D eigenvalue weighted by Gasteiger charge is 2.62. The van der Waals surface area contributed by atoms with E-state index in [1.54, 1.807) is 17.0 Å². The van der Waals surface area contributed by atoms with E-state index in [2.05, 4.69) is 20.3 Å². The van der Waals surface area contributed by atoms with Crippen molar-refractivity contribution < 1.29 is 31.9 Å². The Morgan fingerprint density at radius 2 is 1.81 bits per heavy atom. The molecule has 14 heteroatoms. The largest absolute Gasteiger partial charge is 0.381 e. The molecule has 6 rings (SSSR count). The third kappa shape index (κ3) is 6.55. The highest BCUT2D eigenvalue weighted by Crippen LogP contribution is 2.47. The summed E-state index contributed by atoms with van der Waals surface area (Å²) >= 11 is 1.34. The van der Waals surface area contributed by atoms with E-state index in [1.165, 1.54) is 23.5 Å². The van der Waals surface area contributed by atoms with Crippen LogP contribution in [0.1, 0.15) is 57.8 Å². The van der Waals surface area contributed by atoms with Crippen LogP contribution in [0.2, 0.25) is 0 Å². The van der Waals surface area contributed by atoms with Gasteiger partial charge in [-0.1, -0.05) is 0 Å². The maximum Gasteiger partial charge on any atom is 0.259 e. The van der Waals surface area contributed by atoms with Crippen LogP contribution in [0.3, 0.4) is 0 Å². The molecule has 2 aliphatic heterocycles. The van der Waals surface area contributed by atoms with Gasteiger partial charge in [0.15, 0.2) is 5.13 Å². The fourth-order valence-electron chi connectivity index (χ4n) is 6.08. The molecule has 0 bridgehead atoms. The number of rotatable bonds is 6. The first kappa shape index (κ1) is 29.9. The average molecular weight is 634 g/mol. The van der Waals surface area contributed by atoms with Crippen LogP contribution in [0, 0.1) is 11.7 Å². The van der Waals surface area contributed by atoms with Crippen molar-refractivity contribution in [3.8, 4) is 11.3 Å². The minimum absolute atomic E-state index is 0.209. The number of anilines is 1. The van der Waals surface area contributed by atoms with Gasteiger partial charge < -0.3 is 20.3 Å². The molecule has 4 atom stereocenters. The number of sulfonamides is 1. The van der Waals surface area contributed by atoms with Crippen molar-refractivity contribution in [2.75, 3.05) is 25.1 Å². The van der Waals surface area contributed by atoms with Crippen molar-refractivity contribution in [3.05, 3.63) is 35.5 Å². The number of nitrogens with zero attached hydrogens (tertiary/aromatic N) is 2. The van der Waals surface area contributed by atoms with Crippen molar-refractivity contribution in [1.82, 2.24) is 19.9 Å². The highest BCUT2D eigenvalue weighted by molar-refractivity contribution is 7.91. The van der Waals surface area contributed by atoms with E-state index in [-0.39, 0.29) is 17.6 Å². The molecule has 3 amide bonds. The number of fused-ring (bicyclic) bond motifs is 2. The van der Waals surface area contributed by atoms with Crippen LogP contribution in [-0.4, -0.2) is 78.7 Å². The van der Waals surface area contributed by atoms with Gasteiger partial charge in [0.2, 0.25) is 21.8 Å². The van der Waals surface area contributed by atoms with Crippen LogP contribution in [0.4, 0.5) is 9.52 Å². The maximum atomic E-state index is 13.9. The molecule has 0 spiro atoms. The predicted octanol–water partition coefficient (Wildman–Crippen LogP) is 2.79. The summed E-state index contributed by atoms with van der Waals surface area (Å²) in [5, 5.41) is 7.96. The Hall–Kier alpha value is -3.10. The number of carbonyl (C=O) groups is 3. The fraction of sp³-hybridized carbons (Fsp3) is 0.586. The summed E-state index contributed by atoms with van der Waals surface area (Å²) in [5.74, 6) is -1.92. The summed E-state index contributed by atoms with van der Waals surface area (Å²) in [4.78, 5) is 47.1. The van der Waals surface area contributed by atoms with E-state index in [9.17, 15) is 27.2 Å². The van der Waals surface area contributed by atoms with Gasteiger partial charge in [0, 0.05) is 30.7 Å². The molecule has 2 aliphatic carbocycles. The van der Waals surface area contributed by atoms with Gasteiger partial charge in [-0.05, 0) is 88.0 Å². The number of carbonyl (C=O) groups excluding carboxylic acids is 3.